The van der Waals surface area contributed by atoms with Gasteiger partial charge in [-0.2, -0.15) is 0 Å². The number of hydrogen-bond donors (Lipinski definition) is 1. The second-order valence-electron chi connectivity index (χ2n) is 4.45. The first-order valence-electron chi connectivity index (χ1n) is 6.09. The van der Waals surface area contributed by atoms with Crippen LogP contribution in [0.5, 0.6) is 0 Å². The molecule has 2 nitrogen and oxygen atoms in total. The maximum Gasteiger partial charge on any atom is 0.0735 e. The van der Waals surface area contributed by atoms with Gasteiger partial charge in [0, 0.05) is 10.8 Å². The number of benzene rings is 2. The van der Waals surface area contributed by atoms with E-state index in [2.05, 4.69) is 43.3 Å². The van der Waals surface area contributed by atoms with Gasteiger partial charge < -0.3 is 5.84 Å². The van der Waals surface area contributed by atoms with Crippen LogP contribution in [0.3, 0.4) is 0 Å². The van der Waals surface area contributed by atoms with Crippen molar-refractivity contribution in [1.82, 2.24) is 4.68 Å². The Bertz CT molecular complexity index is 680. The van der Waals surface area contributed by atoms with E-state index in [0.29, 0.717) is 0 Å². The van der Waals surface area contributed by atoms with Crippen LogP contribution in [-0.2, 0) is 6.42 Å². The Labute approximate surface area is 101 Å². The zero-order valence-corrected chi connectivity index (χ0v) is 9.98. The summed E-state index contributed by atoms with van der Waals surface area (Å²) in [5.74, 6) is 6.22. The van der Waals surface area contributed by atoms with E-state index in [1.807, 2.05) is 10.7 Å². The Balaban J connectivity index is 2.48. The van der Waals surface area contributed by atoms with Gasteiger partial charge in [-0.25, -0.2) is 0 Å². The summed E-state index contributed by atoms with van der Waals surface area (Å²) in [7, 11) is 0. The quantitative estimate of drug-likeness (QED) is 0.664. The number of para-hydroxylation sites is 2. The average Bonchev–Trinajstić information content (AvgIpc) is 2.66. The minimum Gasteiger partial charge on any atom is -0.339 e. The van der Waals surface area contributed by atoms with Crippen LogP contribution < -0.4 is 5.84 Å². The minimum atomic E-state index is 1.07. The summed E-state index contributed by atoms with van der Waals surface area (Å²) in [6, 6.07) is 14.8. The third kappa shape index (κ3) is 1.41. The summed E-state index contributed by atoms with van der Waals surface area (Å²) in [5.41, 5.74) is 3.62. The SMILES string of the molecule is CCCc1cccc2c3ccccc3n(N)c12. The Kier molecular flexibility index (Phi) is 2.29. The van der Waals surface area contributed by atoms with Crippen LogP contribution in [0.25, 0.3) is 21.8 Å². The molecule has 0 saturated heterocycles. The first-order chi connectivity index (χ1) is 8.33. The van der Waals surface area contributed by atoms with Crippen molar-refractivity contribution in [3.05, 3.63) is 48.0 Å². The fraction of sp³-hybridized carbons (Fsp3) is 0.200. The van der Waals surface area contributed by atoms with Gasteiger partial charge in [0.25, 0.3) is 0 Å². The van der Waals surface area contributed by atoms with Crippen LogP contribution in [0.2, 0.25) is 0 Å². The predicted octanol–water partition coefficient (Wildman–Crippen LogP) is 3.46. The smallest absolute Gasteiger partial charge is 0.0735 e. The van der Waals surface area contributed by atoms with E-state index in [4.69, 9.17) is 5.84 Å². The van der Waals surface area contributed by atoms with E-state index in [0.717, 1.165) is 18.4 Å². The summed E-state index contributed by atoms with van der Waals surface area (Å²) < 4.78 is 1.83. The van der Waals surface area contributed by atoms with Gasteiger partial charge in [0.1, 0.15) is 0 Å². The van der Waals surface area contributed by atoms with Crippen molar-refractivity contribution in [2.45, 2.75) is 19.8 Å². The van der Waals surface area contributed by atoms with Crippen LogP contribution in [0.4, 0.5) is 0 Å². The molecule has 0 bridgehead atoms. The first kappa shape index (κ1) is 10.2. The molecule has 1 aromatic heterocycles. The number of aromatic nitrogens is 1. The highest BCUT2D eigenvalue weighted by atomic mass is 15.3. The molecule has 0 saturated carbocycles. The summed E-state index contributed by atoms with van der Waals surface area (Å²) in [6.07, 6.45) is 2.21. The highest BCUT2D eigenvalue weighted by molar-refractivity contribution is 6.09. The molecular formula is C15H16N2. The molecule has 3 aromatic rings. The molecule has 86 valence electrons. The lowest BCUT2D eigenvalue weighted by Crippen LogP contribution is -2.08. The standard InChI is InChI=1S/C15H16N2/c1-2-6-11-7-5-9-13-12-8-3-4-10-14(12)17(16)15(11)13/h3-5,7-10H,2,6,16H2,1H3. The number of aryl methyl sites for hydroxylation is 1. The molecule has 2 aromatic carbocycles. The van der Waals surface area contributed by atoms with Crippen LogP contribution in [-0.4, -0.2) is 4.68 Å². The molecule has 0 aliphatic heterocycles. The Morgan fingerprint density at radius 1 is 1.00 bits per heavy atom. The van der Waals surface area contributed by atoms with Crippen LogP contribution >= 0.6 is 0 Å². The van der Waals surface area contributed by atoms with Gasteiger partial charge in [-0.05, 0) is 18.1 Å². The molecular weight excluding hydrogens is 208 g/mol. The topological polar surface area (TPSA) is 30.9 Å². The molecule has 0 fully saturated rings. The van der Waals surface area contributed by atoms with Gasteiger partial charge in [0.2, 0.25) is 0 Å². The Hall–Kier alpha value is -1.96. The van der Waals surface area contributed by atoms with E-state index in [9.17, 15) is 0 Å². The van der Waals surface area contributed by atoms with Crippen LogP contribution in [0.1, 0.15) is 18.9 Å². The lowest BCUT2D eigenvalue weighted by atomic mass is 10.1. The third-order valence-electron chi connectivity index (χ3n) is 3.33. The molecule has 0 unspecified atom stereocenters. The summed E-state index contributed by atoms with van der Waals surface area (Å²) in [5, 5.41) is 2.50. The van der Waals surface area contributed by atoms with E-state index >= 15 is 0 Å². The van der Waals surface area contributed by atoms with Crippen molar-refractivity contribution in [2.75, 3.05) is 5.84 Å². The number of hydrogen-bond acceptors (Lipinski definition) is 1. The number of nitrogen functional groups attached to an aromatic ring is 1. The Morgan fingerprint density at radius 3 is 2.59 bits per heavy atom. The van der Waals surface area contributed by atoms with Crippen LogP contribution in [0.15, 0.2) is 42.5 Å². The van der Waals surface area contributed by atoms with Gasteiger partial charge in [0.05, 0.1) is 11.0 Å². The average molecular weight is 224 g/mol. The highest BCUT2D eigenvalue weighted by Crippen LogP contribution is 2.29. The van der Waals surface area contributed by atoms with E-state index in [-0.39, 0.29) is 0 Å². The number of nitrogens with two attached hydrogens (primary N) is 1. The van der Waals surface area contributed by atoms with Gasteiger partial charge in [0.15, 0.2) is 0 Å². The molecule has 3 rings (SSSR count). The second kappa shape index (κ2) is 3.81. The predicted molar refractivity (Wildman–Crippen MR) is 73.6 cm³/mol. The van der Waals surface area contributed by atoms with Gasteiger partial charge in [-0.1, -0.05) is 49.7 Å². The molecule has 0 amide bonds. The number of fused-ring (bicyclic) bond motifs is 3. The zero-order chi connectivity index (χ0) is 11.8. The van der Waals surface area contributed by atoms with Gasteiger partial charge >= 0.3 is 0 Å². The molecule has 0 radical (unpaired) electrons. The lowest BCUT2D eigenvalue weighted by molar-refractivity contribution is 0.920. The lowest BCUT2D eigenvalue weighted by Gasteiger charge is -2.04. The van der Waals surface area contributed by atoms with Crippen molar-refractivity contribution in [2.24, 2.45) is 0 Å². The third-order valence-corrected chi connectivity index (χ3v) is 3.33. The van der Waals surface area contributed by atoms with E-state index in [1.165, 1.54) is 21.9 Å². The molecule has 1 heterocycles. The van der Waals surface area contributed by atoms with Crippen molar-refractivity contribution < 1.29 is 0 Å². The molecule has 2 heteroatoms. The van der Waals surface area contributed by atoms with Gasteiger partial charge in [-0.3, -0.25) is 4.68 Å². The fourth-order valence-corrected chi connectivity index (χ4v) is 2.60. The largest absolute Gasteiger partial charge is 0.339 e. The molecule has 0 atom stereocenters. The maximum atomic E-state index is 6.22. The second-order valence-corrected chi connectivity index (χ2v) is 4.45. The summed E-state index contributed by atoms with van der Waals surface area (Å²) in [4.78, 5) is 0. The minimum absolute atomic E-state index is 1.07. The normalized spacial score (nSPS) is 11.4. The Morgan fingerprint density at radius 2 is 1.76 bits per heavy atom. The first-order valence-corrected chi connectivity index (χ1v) is 6.09. The van der Waals surface area contributed by atoms with Gasteiger partial charge in [-0.15, -0.1) is 0 Å². The van der Waals surface area contributed by atoms with Crippen LogP contribution in [0, 0.1) is 0 Å². The highest BCUT2D eigenvalue weighted by Gasteiger charge is 2.10. The zero-order valence-electron chi connectivity index (χ0n) is 9.98. The molecule has 0 spiro atoms. The molecule has 0 aliphatic rings. The summed E-state index contributed by atoms with van der Waals surface area (Å²) in [6.45, 7) is 2.20. The van der Waals surface area contributed by atoms with Crippen molar-refractivity contribution in [3.8, 4) is 0 Å². The maximum absolute atomic E-state index is 6.22. The van der Waals surface area contributed by atoms with E-state index < -0.39 is 0 Å². The molecule has 2 N–H and O–H groups in total. The monoisotopic (exact) mass is 224 g/mol. The fourth-order valence-electron chi connectivity index (χ4n) is 2.60. The number of rotatable bonds is 2. The summed E-state index contributed by atoms with van der Waals surface area (Å²) >= 11 is 0. The molecule has 0 aliphatic carbocycles. The van der Waals surface area contributed by atoms with E-state index in [1.54, 1.807) is 0 Å². The van der Waals surface area contributed by atoms with Crippen molar-refractivity contribution in [3.63, 3.8) is 0 Å². The van der Waals surface area contributed by atoms with Crippen molar-refractivity contribution in [1.29, 1.82) is 0 Å². The van der Waals surface area contributed by atoms with Crippen molar-refractivity contribution >= 4 is 21.8 Å². The number of nitrogens with zero attached hydrogens (tertiary/aromatic N) is 1. The molecule has 17 heavy (non-hydrogen) atoms.